The Morgan fingerprint density at radius 2 is 1.90 bits per heavy atom. The molecule has 1 spiro atoms. The summed E-state index contributed by atoms with van der Waals surface area (Å²) in [5.41, 5.74) is 3.66. The molecule has 0 saturated heterocycles. The first-order valence-electron chi connectivity index (χ1n) is 11.1. The summed E-state index contributed by atoms with van der Waals surface area (Å²) in [7, 11) is 0. The van der Waals surface area contributed by atoms with Crippen molar-refractivity contribution in [1.82, 2.24) is 20.0 Å². The van der Waals surface area contributed by atoms with Crippen molar-refractivity contribution >= 4 is 0 Å². The fraction of sp³-hybridized carbons (Fsp3) is 0.458. The van der Waals surface area contributed by atoms with Crippen molar-refractivity contribution in [2.75, 3.05) is 19.8 Å². The molecule has 0 amide bonds. The van der Waals surface area contributed by atoms with Crippen molar-refractivity contribution in [2.45, 2.75) is 50.6 Å². The number of benzene rings is 1. The van der Waals surface area contributed by atoms with E-state index < -0.39 is 0 Å². The molecule has 3 aromatic rings. The van der Waals surface area contributed by atoms with Crippen LogP contribution in [0.4, 0.5) is 0 Å². The maximum Gasteiger partial charge on any atom is 0.241 e. The lowest BCUT2D eigenvalue weighted by Crippen LogP contribution is -2.45. The van der Waals surface area contributed by atoms with Gasteiger partial charge in [-0.05, 0) is 55.2 Å². The van der Waals surface area contributed by atoms with Crippen molar-refractivity contribution in [1.29, 1.82) is 0 Å². The Morgan fingerprint density at radius 1 is 1.10 bits per heavy atom. The van der Waals surface area contributed by atoms with E-state index in [9.17, 15) is 0 Å². The quantitative estimate of drug-likeness (QED) is 0.628. The van der Waals surface area contributed by atoms with Crippen LogP contribution in [0.15, 0.2) is 41.1 Å². The predicted molar refractivity (Wildman–Crippen MR) is 114 cm³/mol. The molecule has 4 heterocycles. The molecule has 7 nitrogen and oxygen atoms in total. The SMILES string of the molecule is C[C@@H]1c2cc3c(cc2C2(CCCC2)CN1Cc1nc(-c2ccccn2)no1)OCCO3. The monoisotopic (exact) mass is 418 g/mol. The van der Waals surface area contributed by atoms with Crippen molar-refractivity contribution in [3.8, 4) is 23.0 Å². The Kier molecular flexibility index (Phi) is 4.45. The zero-order valence-corrected chi connectivity index (χ0v) is 17.7. The van der Waals surface area contributed by atoms with Gasteiger partial charge in [-0.1, -0.05) is 24.1 Å². The van der Waals surface area contributed by atoms with E-state index >= 15 is 0 Å². The molecule has 1 fully saturated rings. The molecule has 0 unspecified atom stereocenters. The number of rotatable bonds is 3. The van der Waals surface area contributed by atoms with E-state index in [0.29, 0.717) is 31.5 Å². The van der Waals surface area contributed by atoms with E-state index in [1.807, 2.05) is 18.2 Å². The normalized spacial score (nSPS) is 21.9. The minimum absolute atomic E-state index is 0.154. The highest BCUT2D eigenvalue weighted by Crippen LogP contribution is 2.52. The summed E-state index contributed by atoms with van der Waals surface area (Å²) in [5.74, 6) is 2.92. The molecule has 6 rings (SSSR count). The zero-order chi connectivity index (χ0) is 20.8. The van der Waals surface area contributed by atoms with Gasteiger partial charge in [0.2, 0.25) is 11.7 Å². The van der Waals surface area contributed by atoms with Crippen molar-refractivity contribution in [2.24, 2.45) is 0 Å². The molecule has 0 radical (unpaired) electrons. The van der Waals surface area contributed by atoms with Gasteiger partial charge >= 0.3 is 0 Å². The first kappa shape index (κ1) is 18.8. The minimum atomic E-state index is 0.154. The minimum Gasteiger partial charge on any atom is -0.486 e. The third-order valence-electron chi connectivity index (χ3n) is 7.05. The van der Waals surface area contributed by atoms with Gasteiger partial charge in [-0.2, -0.15) is 4.98 Å². The molecule has 0 N–H and O–H groups in total. The van der Waals surface area contributed by atoms with Gasteiger partial charge in [0.1, 0.15) is 18.9 Å². The van der Waals surface area contributed by atoms with Crippen LogP contribution in [0.1, 0.15) is 55.7 Å². The molecule has 160 valence electrons. The van der Waals surface area contributed by atoms with Crippen LogP contribution in [0.25, 0.3) is 11.5 Å². The highest BCUT2D eigenvalue weighted by atomic mass is 16.6. The van der Waals surface area contributed by atoms with Crippen LogP contribution >= 0.6 is 0 Å². The van der Waals surface area contributed by atoms with Crippen LogP contribution in [0.2, 0.25) is 0 Å². The molecule has 2 aliphatic heterocycles. The van der Waals surface area contributed by atoms with Gasteiger partial charge in [0.05, 0.1) is 6.54 Å². The molecule has 7 heteroatoms. The number of pyridine rings is 1. The van der Waals surface area contributed by atoms with E-state index in [4.69, 9.17) is 14.0 Å². The Morgan fingerprint density at radius 3 is 2.68 bits per heavy atom. The summed E-state index contributed by atoms with van der Waals surface area (Å²) in [4.78, 5) is 11.4. The van der Waals surface area contributed by atoms with E-state index in [-0.39, 0.29) is 11.5 Å². The third kappa shape index (κ3) is 3.19. The van der Waals surface area contributed by atoms with Crippen molar-refractivity contribution in [3.05, 3.63) is 53.5 Å². The highest BCUT2D eigenvalue weighted by molar-refractivity contribution is 5.53. The van der Waals surface area contributed by atoms with Crippen LogP contribution in [0.5, 0.6) is 11.5 Å². The van der Waals surface area contributed by atoms with Crippen LogP contribution in [-0.2, 0) is 12.0 Å². The molecule has 1 aliphatic carbocycles. The first-order chi connectivity index (χ1) is 15.2. The predicted octanol–water partition coefficient (Wildman–Crippen LogP) is 4.29. The van der Waals surface area contributed by atoms with Gasteiger partial charge < -0.3 is 14.0 Å². The van der Waals surface area contributed by atoms with Crippen molar-refractivity contribution in [3.63, 3.8) is 0 Å². The number of ether oxygens (including phenoxy) is 2. The maximum absolute atomic E-state index is 5.92. The molecular formula is C24H26N4O3. The molecular weight excluding hydrogens is 392 g/mol. The number of aromatic nitrogens is 3. The van der Waals surface area contributed by atoms with E-state index in [2.05, 4.69) is 39.1 Å². The van der Waals surface area contributed by atoms with Gasteiger partial charge in [-0.25, -0.2) is 0 Å². The second kappa shape index (κ2) is 7.34. The molecule has 0 bridgehead atoms. The second-order valence-corrected chi connectivity index (χ2v) is 8.88. The van der Waals surface area contributed by atoms with Gasteiger partial charge in [-0.15, -0.1) is 0 Å². The number of nitrogens with zero attached hydrogens (tertiary/aromatic N) is 4. The van der Waals surface area contributed by atoms with Crippen LogP contribution in [0, 0.1) is 0 Å². The topological polar surface area (TPSA) is 73.5 Å². The molecule has 31 heavy (non-hydrogen) atoms. The third-order valence-corrected chi connectivity index (χ3v) is 7.05. The lowest BCUT2D eigenvalue weighted by molar-refractivity contribution is 0.111. The second-order valence-electron chi connectivity index (χ2n) is 8.88. The fourth-order valence-electron chi connectivity index (χ4n) is 5.48. The molecule has 1 aromatic carbocycles. The Hall–Kier alpha value is -2.93. The van der Waals surface area contributed by atoms with E-state index in [1.54, 1.807) is 6.20 Å². The zero-order valence-electron chi connectivity index (χ0n) is 17.7. The van der Waals surface area contributed by atoms with Gasteiger partial charge in [0, 0.05) is 24.2 Å². The average molecular weight is 418 g/mol. The molecule has 2 aromatic heterocycles. The Balaban J connectivity index is 1.34. The lowest BCUT2D eigenvalue weighted by Gasteiger charge is -2.46. The van der Waals surface area contributed by atoms with Crippen LogP contribution in [0.3, 0.4) is 0 Å². The highest BCUT2D eigenvalue weighted by Gasteiger charge is 2.45. The van der Waals surface area contributed by atoms with Crippen molar-refractivity contribution < 1.29 is 14.0 Å². The van der Waals surface area contributed by atoms with E-state index in [1.165, 1.54) is 36.8 Å². The fourth-order valence-corrected chi connectivity index (χ4v) is 5.48. The van der Waals surface area contributed by atoms with Crippen LogP contribution in [-0.4, -0.2) is 39.8 Å². The Bertz CT molecular complexity index is 1090. The molecule has 1 saturated carbocycles. The first-order valence-corrected chi connectivity index (χ1v) is 11.1. The van der Waals surface area contributed by atoms with Gasteiger partial charge in [0.25, 0.3) is 0 Å². The summed E-state index contributed by atoms with van der Waals surface area (Å²) < 4.78 is 17.4. The smallest absolute Gasteiger partial charge is 0.241 e. The lowest BCUT2D eigenvalue weighted by atomic mass is 9.71. The van der Waals surface area contributed by atoms with Crippen LogP contribution < -0.4 is 9.47 Å². The summed E-state index contributed by atoms with van der Waals surface area (Å²) in [5, 5.41) is 4.16. The average Bonchev–Trinajstić information content (AvgIpc) is 3.48. The van der Waals surface area contributed by atoms with Gasteiger partial charge in [-0.3, -0.25) is 9.88 Å². The summed E-state index contributed by atoms with van der Waals surface area (Å²) >= 11 is 0. The van der Waals surface area contributed by atoms with Gasteiger partial charge in [0.15, 0.2) is 11.5 Å². The molecule has 1 atom stereocenters. The summed E-state index contributed by atoms with van der Waals surface area (Å²) in [6.07, 6.45) is 6.67. The number of hydrogen-bond donors (Lipinski definition) is 0. The number of hydrogen-bond acceptors (Lipinski definition) is 7. The summed E-state index contributed by atoms with van der Waals surface area (Å²) in [6.45, 7) is 5.09. The molecule has 3 aliphatic rings. The summed E-state index contributed by atoms with van der Waals surface area (Å²) in [6, 6.07) is 10.4. The standard InChI is InChI=1S/C24H26N4O3/c1-16-17-12-20-21(30-11-10-29-20)13-18(17)24(7-3-4-8-24)15-28(16)14-22-26-23(27-31-22)19-6-2-5-9-25-19/h2,5-6,9,12-13,16H,3-4,7-8,10-11,14-15H2,1H3/t16-/m1/s1. The van der Waals surface area contributed by atoms with E-state index in [0.717, 1.165) is 23.7 Å². The maximum atomic E-state index is 5.92. The Labute approximate surface area is 181 Å². The number of fused-ring (bicyclic) bond motifs is 3. The largest absolute Gasteiger partial charge is 0.486 e.